The van der Waals surface area contributed by atoms with Crippen LogP contribution in [0.5, 0.6) is 0 Å². The topological polar surface area (TPSA) is 72.9 Å². The molecule has 1 aromatic carbocycles. The predicted octanol–water partition coefficient (Wildman–Crippen LogP) is 3.12. The molecule has 3 aromatic rings. The Morgan fingerprint density at radius 2 is 1.85 bits per heavy atom. The van der Waals surface area contributed by atoms with Gasteiger partial charge in [-0.25, -0.2) is 9.97 Å². The van der Waals surface area contributed by atoms with E-state index in [4.69, 9.17) is 5.73 Å². The van der Waals surface area contributed by atoms with Crippen molar-refractivity contribution in [1.82, 2.24) is 19.7 Å². The second kappa shape index (κ2) is 6.65. The van der Waals surface area contributed by atoms with E-state index in [1.807, 2.05) is 36.8 Å². The third-order valence-corrected chi connectivity index (χ3v) is 6.78. The molecule has 6 nitrogen and oxygen atoms in total. The van der Waals surface area contributed by atoms with E-state index < -0.39 is 0 Å². The fraction of sp³-hybridized carbons (Fsp3) is 0.350. The quantitative estimate of drug-likeness (QED) is 0.755. The molecule has 0 radical (unpaired) electrons. The van der Waals surface area contributed by atoms with Crippen LogP contribution < -0.4 is 10.6 Å². The van der Waals surface area contributed by atoms with Crippen LogP contribution in [0.15, 0.2) is 64.9 Å². The number of rotatable bonds is 3. The van der Waals surface area contributed by atoms with Crippen molar-refractivity contribution >= 4 is 17.6 Å². The normalized spacial score (nSPS) is 20.8. The summed E-state index contributed by atoms with van der Waals surface area (Å²) in [6, 6.07) is 12.4. The molecule has 4 heterocycles. The number of aromatic nitrogens is 4. The predicted molar refractivity (Wildman–Crippen MR) is 106 cm³/mol. The van der Waals surface area contributed by atoms with Crippen molar-refractivity contribution in [2.45, 2.75) is 35.3 Å². The fourth-order valence-electron chi connectivity index (χ4n) is 4.23. The lowest BCUT2D eigenvalue weighted by Gasteiger charge is -2.41. The monoisotopic (exact) mass is 378 g/mol. The molecular weight excluding hydrogens is 356 g/mol. The molecule has 5 rings (SSSR count). The van der Waals surface area contributed by atoms with Gasteiger partial charge in [-0.15, -0.1) is 0 Å². The van der Waals surface area contributed by atoms with E-state index in [2.05, 4.69) is 42.8 Å². The molecule has 0 bridgehead atoms. The molecule has 0 amide bonds. The Bertz CT molecular complexity index is 915. The average molecular weight is 379 g/mol. The van der Waals surface area contributed by atoms with E-state index in [1.165, 1.54) is 10.6 Å². The van der Waals surface area contributed by atoms with Gasteiger partial charge in [0.2, 0.25) is 0 Å². The zero-order valence-corrected chi connectivity index (χ0v) is 15.8. The van der Waals surface area contributed by atoms with Crippen LogP contribution in [0.3, 0.4) is 0 Å². The molecule has 7 heteroatoms. The summed E-state index contributed by atoms with van der Waals surface area (Å²) in [5.74, 6) is 0.951. The summed E-state index contributed by atoms with van der Waals surface area (Å²) in [7, 11) is 0. The lowest BCUT2D eigenvalue weighted by molar-refractivity contribution is 0.170. The smallest absolute Gasteiger partial charge is 0.147 e. The van der Waals surface area contributed by atoms with Crippen LogP contribution in [-0.2, 0) is 6.54 Å². The minimum Gasteiger partial charge on any atom is -0.355 e. The highest BCUT2D eigenvalue weighted by molar-refractivity contribution is 7.99. The number of anilines is 1. The average Bonchev–Trinajstić information content (AvgIpc) is 3.26. The standard InChI is InChI=1S/C20H22N6S/c21-19-16-6-9-24-26(16)14-20(19)7-10-25(11-8-20)17-12-23-18(13-22-17)27-15-4-2-1-3-5-15/h1-6,9,12-13,19H,7-8,10-11,14,21H2/t19-/m1/s1. The molecule has 1 spiro atoms. The maximum absolute atomic E-state index is 6.57. The van der Waals surface area contributed by atoms with Gasteiger partial charge in [0, 0.05) is 36.1 Å². The van der Waals surface area contributed by atoms with Crippen LogP contribution in [0, 0.1) is 5.41 Å². The molecular formula is C20H22N6S. The largest absolute Gasteiger partial charge is 0.355 e. The molecule has 2 N–H and O–H groups in total. The zero-order chi connectivity index (χ0) is 18.3. The summed E-state index contributed by atoms with van der Waals surface area (Å²) < 4.78 is 2.08. The van der Waals surface area contributed by atoms with Crippen LogP contribution >= 0.6 is 11.8 Å². The van der Waals surface area contributed by atoms with Gasteiger partial charge in [-0.05, 0) is 31.0 Å². The molecule has 27 heavy (non-hydrogen) atoms. The summed E-state index contributed by atoms with van der Waals surface area (Å²) in [5.41, 5.74) is 7.88. The number of hydrogen-bond acceptors (Lipinski definition) is 6. The Balaban J connectivity index is 1.24. The third kappa shape index (κ3) is 3.00. The van der Waals surface area contributed by atoms with Gasteiger partial charge in [-0.1, -0.05) is 30.0 Å². The molecule has 0 saturated carbocycles. The Hall–Kier alpha value is -2.38. The van der Waals surface area contributed by atoms with E-state index >= 15 is 0 Å². The summed E-state index contributed by atoms with van der Waals surface area (Å²) >= 11 is 1.63. The lowest BCUT2D eigenvalue weighted by atomic mass is 9.73. The number of hydrogen-bond donors (Lipinski definition) is 1. The summed E-state index contributed by atoms with van der Waals surface area (Å²) in [4.78, 5) is 12.7. The molecule has 1 fully saturated rings. The van der Waals surface area contributed by atoms with Crippen LogP contribution in [-0.4, -0.2) is 32.8 Å². The molecule has 1 saturated heterocycles. The molecule has 2 aliphatic rings. The number of benzene rings is 1. The van der Waals surface area contributed by atoms with Gasteiger partial charge in [-0.2, -0.15) is 5.10 Å². The first-order valence-corrected chi connectivity index (χ1v) is 10.1. The molecule has 138 valence electrons. The Kier molecular flexibility index (Phi) is 4.13. The number of piperidine rings is 1. The van der Waals surface area contributed by atoms with E-state index in [0.717, 1.165) is 43.3 Å². The Labute approximate surface area is 162 Å². The van der Waals surface area contributed by atoms with E-state index in [0.29, 0.717) is 0 Å². The highest BCUT2D eigenvalue weighted by Gasteiger charge is 2.46. The van der Waals surface area contributed by atoms with E-state index in [9.17, 15) is 0 Å². The molecule has 0 unspecified atom stereocenters. The lowest BCUT2D eigenvalue weighted by Crippen LogP contribution is -2.45. The zero-order valence-electron chi connectivity index (χ0n) is 15.0. The first-order chi connectivity index (χ1) is 13.2. The second-order valence-electron chi connectivity index (χ2n) is 7.37. The van der Waals surface area contributed by atoms with E-state index in [-0.39, 0.29) is 11.5 Å². The Morgan fingerprint density at radius 1 is 1.04 bits per heavy atom. The summed E-state index contributed by atoms with van der Waals surface area (Å²) in [5, 5.41) is 5.33. The van der Waals surface area contributed by atoms with Gasteiger partial charge in [0.05, 0.1) is 24.1 Å². The molecule has 2 aliphatic heterocycles. The van der Waals surface area contributed by atoms with Crippen LogP contribution in [0.4, 0.5) is 5.82 Å². The summed E-state index contributed by atoms with van der Waals surface area (Å²) in [6.07, 6.45) is 7.72. The minimum atomic E-state index is 0.0814. The SMILES string of the molecule is N[C@@H]1c2ccnn2CC12CCN(c1cnc(Sc3ccccc3)cn1)CC2. The summed E-state index contributed by atoms with van der Waals surface area (Å²) in [6.45, 7) is 2.85. The van der Waals surface area contributed by atoms with Gasteiger partial charge >= 0.3 is 0 Å². The first kappa shape index (κ1) is 16.8. The van der Waals surface area contributed by atoms with Gasteiger partial charge < -0.3 is 10.6 Å². The second-order valence-corrected chi connectivity index (χ2v) is 8.46. The third-order valence-electron chi connectivity index (χ3n) is 5.86. The fourth-order valence-corrected chi connectivity index (χ4v) is 4.98. The van der Waals surface area contributed by atoms with Crippen molar-refractivity contribution in [2.24, 2.45) is 11.1 Å². The van der Waals surface area contributed by atoms with Gasteiger partial charge in [0.1, 0.15) is 10.8 Å². The van der Waals surface area contributed by atoms with Crippen LogP contribution in [0.2, 0.25) is 0 Å². The molecule has 0 aliphatic carbocycles. The van der Waals surface area contributed by atoms with Crippen molar-refractivity contribution in [3.05, 3.63) is 60.7 Å². The number of nitrogens with two attached hydrogens (primary N) is 1. The van der Waals surface area contributed by atoms with Crippen molar-refractivity contribution in [3.63, 3.8) is 0 Å². The van der Waals surface area contributed by atoms with Crippen molar-refractivity contribution in [1.29, 1.82) is 0 Å². The number of nitrogens with zero attached hydrogens (tertiary/aromatic N) is 5. The molecule has 2 aromatic heterocycles. The highest BCUT2D eigenvalue weighted by Crippen LogP contribution is 2.47. The Morgan fingerprint density at radius 3 is 2.56 bits per heavy atom. The minimum absolute atomic E-state index is 0.0814. The maximum atomic E-state index is 6.57. The molecule has 1 atom stereocenters. The van der Waals surface area contributed by atoms with Crippen LogP contribution in [0.25, 0.3) is 0 Å². The highest BCUT2D eigenvalue weighted by atomic mass is 32.2. The van der Waals surface area contributed by atoms with Crippen molar-refractivity contribution in [3.8, 4) is 0 Å². The van der Waals surface area contributed by atoms with Crippen molar-refractivity contribution < 1.29 is 0 Å². The number of fused-ring (bicyclic) bond motifs is 1. The van der Waals surface area contributed by atoms with E-state index in [1.54, 1.807) is 11.8 Å². The maximum Gasteiger partial charge on any atom is 0.147 e. The van der Waals surface area contributed by atoms with Gasteiger partial charge in [0.15, 0.2) is 0 Å². The van der Waals surface area contributed by atoms with Gasteiger partial charge in [0.25, 0.3) is 0 Å². The van der Waals surface area contributed by atoms with Crippen molar-refractivity contribution in [2.75, 3.05) is 18.0 Å². The first-order valence-electron chi connectivity index (χ1n) is 9.31. The van der Waals surface area contributed by atoms with Gasteiger partial charge in [-0.3, -0.25) is 4.68 Å². The van der Waals surface area contributed by atoms with Crippen LogP contribution in [0.1, 0.15) is 24.6 Å².